The van der Waals surface area contributed by atoms with Crippen LogP contribution in [0.25, 0.3) is 0 Å². The molecule has 0 saturated heterocycles. The zero-order valence-corrected chi connectivity index (χ0v) is 16.7. The highest BCUT2D eigenvalue weighted by Gasteiger charge is 2.62. The Kier molecular flexibility index (Phi) is 7.98. The van der Waals surface area contributed by atoms with E-state index in [0.29, 0.717) is 13.0 Å². The van der Waals surface area contributed by atoms with E-state index in [1.54, 1.807) is 11.3 Å². The van der Waals surface area contributed by atoms with Crippen LogP contribution in [-0.2, 0) is 9.53 Å². The normalized spacial score (nSPS) is 26.3. The zero-order valence-electron chi connectivity index (χ0n) is 14.2. The largest absolute Gasteiger partial charge is 0.378 e. The van der Waals surface area contributed by atoms with Gasteiger partial charge in [0.05, 0.1) is 12.1 Å². The molecule has 8 heteroatoms. The van der Waals surface area contributed by atoms with Crippen LogP contribution in [0.2, 0.25) is 0 Å². The predicted molar refractivity (Wildman–Crippen MR) is 98.6 cm³/mol. The summed E-state index contributed by atoms with van der Waals surface area (Å²) < 4.78 is 5.66. The molecule has 3 N–H and O–H groups in total. The number of carbonyl (C=O) groups is 1. The highest BCUT2D eigenvalue weighted by Crippen LogP contribution is 2.50. The molecule has 1 fully saturated rings. The lowest BCUT2D eigenvalue weighted by atomic mass is 9.54. The van der Waals surface area contributed by atoms with Crippen LogP contribution < -0.4 is 11.1 Å². The second-order valence-electron chi connectivity index (χ2n) is 6.35. The van der Waals surface area contributed by atoms with Gasteiger partial charge in [-0.3, -0.25) is 4.79 Å². The molecule has 0 aromatic carbocycles. The molecule has 1 aromatic rings. The van der Waals surface area contributed by atoms with Gasteiger partial charge in [-0.1, -0.05) is 13.8 Å². The SMILES string of the molecule is CCOC1CC(N)(C(=O)NC(C)c2ncc(C)s2)C1(C)C.Cl.Cl. The Bertz CT molecular complexity index is 539. The summed E-state index contributed by atoms with van der Waals surface area (Å²) in [6, 6.07) is -0.126. The van der Waals surface area contributed by atoms with E-state index in [-0.39, 0.29) is 48.3 Å². The number of aromatic nitrogens is 1. The summed E-state index contributed by atoms with van der Waals surface area (Å²) in [5.41, 5.74) is 5.12. The van der Waals surface area contributed by atoms with Gasteiger partial charge in [-0.15, -0.1) is 36.2 Å². The van der Waals surface area contributed by atoms with E-state index in [9.17, 15) is 4.79 Å². The van der Waals surface area contributed by atoms with Crippen molar-refractivity contribution in [3.05, 3.63) is 16.1 Å². The summed E-state index contributed by atoms with van der Waals surface area (Å²) in [6.45, 7) is 10.5. The molecule has 1 heterocycles. The maximum Gasteiger partial charge on any atom is 0.241 e. The van der Waals surface area contributed by atoms with Gasteiger partial charge in [-0.25, -0.2) is 4.98 Å². The van der Waals surface area contributed by atoms with Gasteiger partial charge in [0.25, 0.3) is 0 Å². The lowest BCUT2D eigenvalue weighted by Crippen LogP contribution is -2.75. The molecule has 2 rings (SSSR count). The third-order valence-electron chi connectivity index (χ3n) is 4.59. The minimum atomic E-state index is -0.882. The number of nitrogens with zero attached hydrogens (tertiary/aromatic N) is 1. The number of aryl methyl sites for hydroxylation is 1. The third-order valence-corrected chi connectivity index (χ3v) is 5.69. The molecular formula is C15H27Cl2N3O2S. The van der Waals surface area contributed by atoms with Crippen LogP contribution in [0.5, 0.6) is 0 Å². The first kappa shape index (κ1) is 22.6. The van der Waals surface area contributed by atoms with Crippen LogP contribution in [-0.4, -0.2) is 29.1 Å². The fourth-order valence-electron chi connectivity index (χ4n) is 2.78. The Labute approximate surface area is 154 Å². The number of amides is 1. The number of halogens is 2. The molecule has 0 radical (unpaired) electrons. The lowest BCUT2D eigenvalue weighted by molar-refractivity contribution is -0.171. The van der Waals surface area contributed by atoms with Gasteiger partial charge in [0.2, 0.25) is 5.91 Å². The third kappa shape index (κ3) is 3.99. The number of nitrogens with two attached hydrogens (primary N) is 1. The van der Waals surface area contributed by atoms with Gasteiger partial charge in [0.1, 0.15) is 10.5 Å². The molecule has 5 nitrogen and oxygen atoms in total. The number of hydrogen-bond donors (Lipinski definition) is 2. The standard InChI is InChI=1S/C15H25N3O2S.2ClH/c1-6-20-11-7-15(16,14(11,4)5)13(19)18-10(3)12-17-8-9(2)21-12;;/h8,10-11H,6-7,16H2,1-5H3,(H,18,19);2*1H. The van der Waals surface area contributed by atoms with Crippen molar-refractivity contribution < 1.29 is 9.53 Å². The zero-order chi connectivity index (χ0) is 15.8. The lowest BCUT2D eigenvalue weighted by Gasteiger charge is -2.57. The summed E-state index contributed by atoms with van der Waals surface area (Å²) in [4.78, 5) is 18.0. The van der Waals surface area contributed by atoms with Gasteiger partial charge >= 0.3 is 0 Å². The van der Waals surface area contributed by atoms with Crippen molar-refractivity contribution in [1.82, 2.24) is 10.3 Å². The van der Waals surface area contributed by atoms with Crippen molar-refractivity contribution in [1.29, 1.82) is 0 Å². The monoisotopic (exact) mass is 383 g/mol. The van der Waals surface area contributed by atoms with E-state index < -0.39 is 5.54 Å². The van der Waals surface area contributed by atoms with Gasteiger partial charge < -0.3 is 15.8 Å². The van der Waals surface area contributed by atoms with Gasteiger partial charge in [-0.2, -0.15) is 0 Å². The summed E-state index contributed by atoms with van der Waals surface area (Å²) in [5, 5.41) is 3.90. The van der Waals surface area contributed by atoms with E-state index in [2.05, 4.69) is 10.3 Å². The molecular weight excluding hydrogens is 357 g/mol. The van der Waals surface area contributed by atoms with Crippen LogP contribution in [0.15, 0.2) is 6.20 Å². The van der Waals surface area contributed by atoms with Crippen molar-refractivity contribution in [2.75, 3.05) is 6.61 Å². The van der Waals surface area contributed by atoms with Crippen LogP contribution in [0.3, 0.4) is 0 Å². The first-order valence-electron chi connectivity index (χ1n) is 7.36. The van der Waals surface area contributed by atoms with E-state index >= 15 is 0 Å². The Morgan fingerprint density at radius 3 is 2.61 bits per heavy atom. The molecule has 1 saturated carbocycles. The smallest absolute Gasteiger partial charge is 0.241 e. The maximum absolute atomic E-state index is 12.6. The molecule has 3 unspecified atom stereocenters. The first-order chi connectivity index (χ1) is 9.72. The summed E-state index contributed by atoms with van der Waals surface area (Å²) in [6.07, 6.45) is 2.42. The van der Waals surface area contributed by atoms with Crippen molar-refractivity contribution >= 4 is 42.1 Å². The number of nitrogens with one attached hydrogen (secondary N) is 1. The predicted octanol–water partition coefficient (Wildman–Crippen LogP) is 3.00. The Hall–Kier alpha value is -0.400. The average Bonchev–Trinajstić information content (AvgIpc) is 2.84. The second kappa shape index (κ2) is 8.12. The summed E-state index contributed by atoms with van der Waals surface area (Å²) in [5.74, 6) is -0.121. The van der Waals surface area contributed by atoms with Crippen LogP contribution in [0, 0.1) is 12.3 Å². The van der Waals surface area contributed by atoms with E-state index in [0.717, 1.165) is 9.88 Å². The van der Waals surface area contributed by atoms with Crippen molar-refractivity contribution in [3.8, 4) is 0 Å². The fourth-order valence-corrected chi connectivity index (χ4v) is 3.56. The van der Waals surface area contributed by atoms with Crippen molar-refractivity contribution in [3.63, 3.8) is 0 Å². The minimum Gasteiger partial charge on any atom is -0.378 e. The van der Waals surface area contributed by atoms with Crippen molar-refractivity contribution in [2.24, 2.45) is 11.1 Å². The minimum absolute atomic E-state index is 0. The Morgan fingerprint density at radius 1 is 1.57 bits per heavy atom. The van der Waals surface area contributed by atoms with E-state index in [1.165, 1.54) is 0 Å². The Balaban J connectivity index is 0.00000242. The average molecular weight is 384 g/mol. The number of ether oxygens (including phenoxy) is 1. The number of hydrogen-bond acceptors (Lipinski definition) is 5. The summed E-state index contributed by atoms with van der Waals surface area (Å²) >= 11 is 1.59. The molecule has 1 amide bonds. The number of rotatable bonds is 5. The van der Waals surface area contributed by atoms with E-state index in [1.807, 2.05) is 40.8 Å². The van der Waals surface area contributed by atoms with Crippen LogP contribution in [0.4, 0.5) is 0 Å². The summed E-state index contributed by atoms with van der Waals surface area (Å²) in [7, 11) is 0. The topological polar surface area (TPSA) is 77.2 Å². The Morgan fingerprint density at radius 2 is 2.17 bits per heavy atom. The molecule has 3 atom stereocenters. The molecule has 0 aliphatic heterocycles. The molecule has 0 spiro atoms. The maximum atomic E-state index is 12.6. The highest BCUT2D eigenvalue weighted by atomic mass is 35.5. The van der Waals surface area contributed by atoms with Crippen LogP contribution in [0.1, 0.15) is 50.0 Å². The molecule has 134 valence electrons. The van der Waals surface area contributed by atoms with Gasteiger partial charge in [-0.05, 0) is 20.8 Å². The molecule has 1 aliphatic carbocycles. The van der Waals surface area contributed by atoms with Crippen LogP contribution >= 0.6 is 36.2 Å². The highest BCUT2D eigenvalue weighted by molar-refractivity contribution is 7.11. The molecule has 23 heavy (non-hydrogen) atoms. The molecule has 1 aromatic heterocycles. The molecule has 0 bridgehead atoms. The quantitative estimate of drug-likeness (QED) is 0.818. The van der Waals surface area contributed by atoms with Gasteiger partial charge in [0.15, 0.2) is 0 Å². The van der Waals surface area contributed by atoms with Crippen molar-refractivity contribution in [2.45, 2.75) is 58.7 Å². The van der Waals surface area contributed by atoms with E-state index in [4.69, 9.17) is 10.5 Å². The molecule has 1 aliphatic rings. The number of carbonyl (C=O) groups excluding carboxylic acids is 1. The first-order valence-corrected chi connectivity index (χ1v) is 8.17. The second-order valence-corrected chi connectivity index (χ2v) is 7.61. The van der Waals surface area contributed by atoms with Gasteiger partial charge in [0, 0.05) is 29.5 Å². The fraction of sp³-hybridized carbons (Fsp3) is 0.733. The number of thiazole rings is 1.